The lowest BCUT2D eigenvalue weighted by atomic mass is 9.96. The first-order valence-electron chi connectivity index (χ1n) is 8.22. The number of fused-ring (bicyclic) bond motifs is 3. The quantitative estimate of drug-likeness (QED) is 0.847. The first-order chi connectivity index (χ1) is 10.8. The number of nitrogens with zero attached hydrogens (tertiary/aromatic N) is 2. The number of aromatic nitrogens is 1. The molecule has 22 heavy (non-hydrogen) atoms. The van der Waals surface area contributed by atoms with Gasteiger partial charge in [-0.1, -0.05) is 24.6 Å². The minimum atomic E-state index is 0.154. The molecule has 3 heterocycles. The minimum Gasteiger partial charge on any atom is -0.338 e. The molecule has 0 amide bonds. The molecule has 1 aromatic carbocycles. The second kappa shape index (κ2) is 5.74. The molecule has 1 aromatic heterocycles. The fraction of sp³-hybridized carbons (Fsp3) is 0.500. The van der Waals surface area contributed by atoms with Crippen molar-refractivity contribution in [2.75, 3.05) is 25.4 Å². The molecule has 1 unspecified atom stereocenters. The molecule has 0 radical (unpaired) electrons. The van der Waals surface area contributed by atoms with Crippen LogP contribution in [0.5, 0.6) is 0 Å². The molecule has 3 nitrogen and oxygen atoms in total. The van der Waals surface area contributed by atoms with Gasteiger partial charge in [0.1, 0.15) is 0 Å². The highest BCUT2D eigenvalue weighted by atomic mass is 32.2. The van der Waals surface area contributed by atoms with Crippen molar-refractivity contribution in [2.45, 2.75) is 24.3 Å². The lowest BCUT2D eigenvalue weighted by molar-refractivity contribution is 0.0882. The number of benzene rings is 1. The van der Waals surface area contributed by atoms with E-state index in [-0.39, 0.29) is 5.92 Å². The Morgan fingerprint density at radius 3 is 2.77 bits per heavy atom. The lowest BCUT2D eigenvalue weighted by Gasteiger charge is -2.31. The molecule has 1 fully saturated rings. The Kier molecular flexibility index (Phi) is 3.74. The van der Waals surface area contributed by atoms with E-state index in [1.54, 1.807) is 0 Å². The van der Waals surface area contributed by atoms with Crippen LogP contribution in [-0.4, -0.2) is 40.6 Å². The van der Waals surface area contributed by atoms with E-state index in [1.165, 1.54) is 24.8 Å². The first-order valence-corrected chi connectivity index (χ1v) is 9.21. The third-order valence-corrected chi connectivity index (χ3v) is 6.34. The Balaban J connectivity index is 1.66. The number of ketones is 1. The highest BCUT2D eigenvalue weighted by molar-refractivity contribution is 7.99. The summed E-state index contributed by atoms with van der Waals surface area (Å²) in [6, 6.07) is 8.29. The fourth-order valence-corrected chi connectivity index (χ4v) is 5.09. The van der Waals surface area contributed by atoms with Gasteiger partial charge in [-0.15, -0.1) is 11.8 Å². The van der Waals surface area contributed by atoms with Crippen LogP contribution in [0.25, 0.3) is 10.9 Å². The Bertz CT molecular complexity index is 715. The van der Waals surface area contributed by atoms with Gasteiger partial charge in [0.25, 0.3) is 0 Å². The van der Waals surface area contributed by atoms with Gasteiger partial charge in [-0.2, -0.15) is 0 Å². The molecule has 0 N–H and O–H groups in total. The van der Waals surface area contributed by atoms with Gasteiger partial charge in [-0.05, 0) is 32.0 Å². The van der Waals surface area contributed by atoms with Crippen molar-refractivity contribution < 1.29 is 4.79 Å². The monoisotopic (exact) mass is 314 g/mol. The molecule has 0 aliphatic carbocycles. The highest BCUT2D eigenvalue weighted by Gasteiger charge is 2.33. The standard InChI is InChI=1S/C18H22N2OS/c1-19-15-8-4-3-7-14(15)16-17(21)13(12-22-18(16)19)11-20-9-5-2-6-10-20/h3-4,7-8,13H,2,5-6,9-12H2,1H3. The number of thioether (sulfide) groups is 1. The number of hydrogen-bond acceptors (Lipinski definition) is 3. The number of aryl methyl sites for hydroxylation is 1. The van der Waals surface area contributed by atoms with Crippen LogP contribution in [0, 0.1) is 5.92 Å². The number of piperidine rings is 1. The molecule has 116 valence electrons. The Labute approximate surface area is 135 Å². The van der Waals surface area contributed by atoms with Crippen LogP contribution in [0.2, 0.25) is 0 Å². The molecular formula is C18H22N2OS. The molecule has 1 atom stereocenters. The molecule has 1 saturated heterocycles. The molecular weight excluding hydrogens is 292 g/mol. The predicted octanol–water partition coefficient (Wildman–Crippen LogP) is 3.57. The van der Waals surface area contributed by atoms with E-state index in [0.29, 0.717) is 5.78 Å². The summed E-state index contributed by atoms with van der Waals surface area (Å²) < 4.78 is 2.18. The second-order valence-electron chi connectivity index (χ2n) is 6.49. The topological polar surface area (TPSA) is 25.2 Å². The summed E-state index contributed by atoms with van der Waals surface area (Å²) in [4.78, 5) is 15.6. The van der Waals surface area contributed by atoms with Crippen molar-refractivity contribution >= 4 is 28.4 Å². The SMILES string of the molecule is Cn1c2c(c3ccccc31)C(=O)C(CN1CCCCC1)CS2. The second-order valence-corrected chi connectivity index (χ2v) is 7.50. The summed E-state index contributed by atoms with van der Waals surface area (Å²) in [5.41, 5.74) is 2.14. The molecule has 2 aromatic rings. The van der Waals surface area contributed by atoms with Gasteiger partial charge in [0.05, 0.1) is 10.6 Å². The van der Waals surface area contributed by atoms with E-state index < -0.39 is 0 Å². The van der Waals surface area contributed by atoms with Gasteiger partial charge in [0, 0.05) is 36.2 Å². The van der Waals surface area contributed by atoms with Crippen molar-refractivity contribution in [3.05, 3.63) is 29.8 Å². The van der Waals surface area contributed by atoms with Crippen molar-refractivity contribution in [3.8, 4) is 0 Å². The molecule has 4 heteroatoms. The van der Waals surface area contributed by atoms with Gasteiger partial charge < -0.3 is 9.47 Å². The third-order valence-electron chi connectivity index (χ3n) is 5.02. The fourth-order valence-electron chi connectivity index (χ4n) is 3.83. The van der Waals surface area contributed by atoms with Crippen molar-refractivity contribution in [3.63, 3.8) is 0 Å². The lowest BCUT2D eigenvalue weighted by Crippen LogP contribution is -2.39. The normalized spacial score (nSPS) is 23.0. The summed E-state index contributed by atoms with van der Waals surface area (Å²) in [6.07, 6.45) is 3.92. The maximum atomic E-state index is 13.1. The van der Waals surface area contributed by atoms with Gasteiger partial charge in [0.2, 0.25) is 0 Å². The van der Waals surface area contributed by atoms with Crippen LogP contribution in [0.4, 0.5) is 0 Å². The molecule has 2 aliphatic rings. The predicted molar refractivity (Wildman–Crippen MR) is 91.8 cm³/mol. The van der Waals surface area contributed by atoms with Crippen LogP contribution < -0.4 is 0 Å². The van der Waals surface area contributed by atoms with E-state index in [0.717, 1.165) is 41.4 Å². The van der Waals surface area contributed by atoms with Crippen LogP contribution in [0.3, 0.4) is 0 Å². The third kappa shape index (κ3) is 2.29. The summed E-state index contributed by atoms with van der Waals surface area (Å²) >= 11 is 1.86. The van der Waals surface area contributed by atoms with Crippen LogP contribution in [0.15, 0.2) is 29.3 Å². The largest absolute Gasteiger partial charge is 0.338 e. The van der Waals surface area contributed by atoms with Gasteiger partial charge >= 0.3 is 0 Å². The van der Waals surface area contributed by atoms with Gasteiger partial charge in [0.15, 0.2) is 5.78 Å². The van der Waals surface area contributed by atoms with Crippen LogP contribution in [-0.2, 0) is 7.05 Å². The number of para-hydroxylation sites is 1. The molecule has 2 aliphatic heterocycles. The Morgan fingerprint density at radius 1 is 1.18 bits per heavy atom. The molecule has 4 rings (SSSR count). The number of carbonyl (C=O) groups excluding carboxylic acids is 1. The Hall–Kier alpha value is -1.26. The maximum Gasteiger partial charge on any atom is 0.171 e. The zero-order valence-electron chi connectivity index (χ0n) is 13.0. The van der Waals surface area contributed by atoms with Crippen LogP contribution >= 0.6 is 11.8 Å². The smallest absolute Gasteiger partial charge is 0.171 e. The van der Waals surface area contributed by atoms with E-state index in [9.17, 15) is 4.79 Å². The summed E-state index contributed by atoms with van der Waals surface area (Å²) in [6.45, 7) is 3.27. The van der Waals surface area contributed by atoms with Gasteiger partial charge in [-0.3, -0.25) is 4.79 Å². The number of carbonyl (C=O) groups is 1. The number of Topliss-reactive ketones (excluding diaryl/α,β-unsaturated/α-hetero) is 1. The number of likely N-dealkylation sites (tertiary alicyclic amines) is 1. The summed E-state index contributed by atoms with van der Waals surface area (Å²) in [5.74, 6) is 1.43. The zero-order chi connectivity index (χ0) is 15.1. The molecule has 0 saturated carbocycles. The molecule has 0 spiro atoms. The maximum absolute atomic E-state index is 13.1. The molecule has 0 bridgehead atoms. The van der Waals surface area contributed by atoms with E-state index in [2.05, 4.69) is 28.6 Å². The first kappa shape index (κ1) is 14.3. The van der Waals surface area contributed by atoms with E-state index in [1.807, 2.05) is 23.9 Å². The summed E-state index contributed by atoms with van der Waals surface area (Å²) in [5, 5.41) is 2.28. The minimum absolute atomic E-state index is 0.154. The van der Waals surface area contributed by atoms with Crippen molar-refractivity contribution in [2.24, 2.45) is 13.0 Å². The van der Waals surface area contributed by atoms with Crippen LogP contribution in [0.1, 0.15) is 29.6 Å². The van der Waals surface area contributed by atoms with Crippen molar-refractivity contribution in [1.29, 1.82) is 0 Å². The number of rotatable bonds is 2. The van der Waals surface area contributed by atoms with E-state index >= 15 is 0 Å². The Morgan fingerprint density at radius 2 is 1.95 bits per heavy atom. The zero-order valence-corrected chi connectivity index (χ0v) is 13.9. The summed E-state index contributed by atoms with van der Waals surface area (Å²) in [7, 11) is 2.08. The average Bonchev–Trinajstić information content (AvgIpc) is 2.85. The number of hydrogen-bond donors (Lipinski definition) is 0. The van der Waals surface area contributed by atoms with Gasteiger partial charge in [-0.25, -0.2) is 0 Å². The van der Waals surface area contributed by atoms with Crippen molar-refractivity contribution in [1.82, 2.24) is 9.47 Å². The highest BCUT2D eigenvalue weighted by Crippen LogP contribution is 2.39. The average molecular weight is 314 g/mol. The van der Waals surface area contributed by atoms with E-state index in [4.69, 9.17) is 0 Å².